The van der Waals surface area contributed by atoms with Gasteiger partial charge in [-0.2, -0.15) is 0 Å². The Morgan fingerprint density at radius 3 is 3.05 bits per heavy atom. The minimum absolute atomic E-state index is 0.141. The first-order valence-electron chi connectivity index (χ1n) is 6.18. The third-order valence-corrected chi connectivity index (χ3v) is 4.58. The molecule has 0 unspecified atom stereocenters. The second-order valence-corrected chi connectivity index (χ2v) is 6.08. The fourth-order valence-electron chi connectivity index (χ4n) is 1.72. The number of carbonyl (C=O) groups excluding carboxylic acids is 1. The Balaban J connectivity index is 1.71. The lowest BCUT2D eigenvalue weighted by molar-refractivity contribution is -0.140. The number of ether oxygens (including phenoxy) is 1. The second-order valence-electron chi connectivity index (χ2n) is 4.14. The van der Waals surface area contributed by atoms with Crippen molar-refractivity contribution in [2.45, 2.75) is 19.4 Å². The van der Waals surface area contributed by atoms with E-state index < -0.39 is 0 Å². The van der Waals surface area contributed by atoms with Crippen molar-refractivity contribution in [3.05, 3.63) is 33.8 Å². The van der Waals surface area contributed by atoms with Crippen LogP contribution in [0.2, 0.25) is 0 Å². The van der Waals surface area contributed by atoms with E-state index in [1.165, 1.54) is 22.4 Å². The van der Waals surface area contributed by atoms with Crippen LogP contribution in [0.4, 0.5) is 0 Å². The average Bonchev–Trinajstić information content (AvgIpc) is 3.08. The molecule has 2 aromatic heterocycles. The fourth-order valence-corrected chi connectivity index (χ4v) is 3.36. The Morgan fingerprint density at radius 2 is 2.32 bits per heavy atom. The number of thiophene rings is 2. The normalized spacial score (nSPS) is 10.6. The van der Waals surface area contributed by atoms with Gasteiger partial charge in [-0.05, 0) is 35.9 Å². The zero-order valence-electron chi connectivity index (χ0n) is 10.8. The summed E-state index contributed by atoms with van der Waals surface area (Å²) in [5.41, 5.74) is 1.30. The number of methoxy groups -OCH3 is 1. The number of esters is 1. The molecule has 5 heteroatoms. The van der Waals surface area contributed by atoms with Crippen molar-refractivity contribution in [1.29, 1.82) is 0 Å². The summed E-state index contributed by atoms with van der Waals surface area (Å²) >= 11 is 3.53. The van der Waals surface area contributed by atoms with Crippen molar-refractivity contribution in [3.8, 4) is 10.4 Å². The van der Waals surface area contributed by atoms with Crippen LogP contribution >= 0.6 is 22.7 Å². The summed E-state index contributed by atoms with van der Waals surface area (Å²) in [6, 6.07) is 6.44. The monoisotopic (exact) mass is 295 g/mol. The molecule has 2 heterocycles. The molecule has 3 nitrogen and oxygen atoms in total. The van der Waals surface area contributed by atoms with Crippen LogP contribution in [0.5, 0.6) is 0 Å². The standard InChI is InChI=1S/C14H17NO2S2/c1-17-14(16)5-2-6-15-9-12-8-11(10-19-12)13-4-3-7-18-13/h3-4,7-8,10,15H,2,5-6,9H2,1H3. The highest BCUT2D eigenvalue weighted by Gasteiger charge is 2.03. The van der Waals surface area contributed by atoms with E-state index in [0.29, 0.717) is 6.42 Å². The lowest BCUT2D eigenvalue weighted by Gasteiger charge is -2.02. The van der Waals surface area contributed by atoms with Crippen molar-refractivity contribution in [1.82, 2.24) is 5.32 Å². The lowest BCUT2D eigenvalue weighted by atomic mass is 10.2. The molecule has 0 aliphatic rings. The number of rotatable bonds is 7. The molecular weight excluding hydrogens is 278 g/mol. The van der Waals surface area contributed by atoms with Crippen LogP contribution in [0.25, 0.3) is 10.4 Å². The Morgan fingerprint density at radius 1 is 1.42 bits per heavy atom. The zero-order chi connectivity index (χ0) is 13.5. The first-order chi connectivity index (χ1) is 9.29. The molecule has 1 N–H and O–H groups in total. The number of hydrogen-bond donors (Lipinski definition) is 1. The van der Waals surface area contributed by atoms with Crippen molar-refractivity contribution in [2.75, 3.05) is 13.7 Å². The van der Waals surface area contributed by atoms with E-state index in [1.807, 2.05) is 0 Å². The fraction of sp³-hybridized carbons (Fsp3) is 0.357. The molecule has 0 radical (unpaired) electrons. The third kappa shape index (κ3) is 4.45. The van der Waals surface area contributed by atoms with E-state index in [-0.39, 0.29) is 5.97 Å². The lowest BCUT2D eigenvalue weighted by Crippen LogP contribution is -2.15. The molecule has 0 atom stereocenters. The van der Waals surface area contributed by atoms with Gasteiger partial charge in [0.1, 0.15) is 0 Å². The summed E-state index contributed by atoms with van der Waals surface area (Å²) in [4.78, 5) is 13.6. The summed E-state index contributed by atoms with van der Waals surface area (Å²) < 4.78 is 4.60. The maximum absolute atomic E-state index is 10.9. The number of hydrogen-bond acceptors (Lipinski definition) is 5. The first kappa shape index (κ1) is 14.2. The molecule has 2 rings (SSSR count). The second kappa shape index (κ2) is 7.43. The van der Waals surface area contributed by atoms with Gasteiger partial charge in [0.15, 0.2) is 0 Å². The summed E-state index contributed by atoms with van der Waals surface area (Å²) in [5.74, 6) is -0.141. The van der Waals surface area contributed by atoms with Gasteiger partial charge in [0, 0.05) is 28.3 Å². The van der Waals surface area contributed by atoms with Gasteiger partial charge in [-0.25, -0.2) is 0 Å². The third-order valence-electron chi connectivity index (χ3n) is 2.72. The summed E-state index contributed by atoms with van der Waals surface area (Å²) in [7, 11) is 1.42. The Kier molecular flexibility index (Phi) is 5.57. The van der Waals surface area contributed by atoms with Gasteiger partial charge in [0.05, 0.1) is 7.11 Å². The van der Waals surface area contributed by atoms with E-state index in [2.05, 4.69) is 39.0 Å². The Hall–Kier alpha value is -1.17. The first-order valence-corrected chi connectivity index (χ1v) is 7.94. The highest BCUT2D eigenvalue weighted by molar-refractivity contribution is 7.14. The van der Waals surface area contributed by atoms with Crippen molar-refractivity contribution >= 4 is 28.6 Å². The average molecular weight is 295 g/mol. The van der Waals surface area contributed by atoms with Crippen LogP contribution < -0.4 is 5.32 Å². The highest BCUT2D eigenvalue weighted by atomic mass is 32.1. The van der Waals surface area contributed by atoms with E-state index in [4.69, 9.17) is 0 Å². The Labute approximate surface area is 121 Å². The molecule has 19 heavy (non-hydrogen) atoms. The van der Waals surface area contributed by atoms with Crippen LogP contribution in [0, 0.1) is 0 Å². The maximum atomic E-state index is 10.9. The van der Waals surface area contributed by atoms with Gasteiger partial charge < -0.3 is 10.1 Å². The van der Waals surface area contributed by atoms with Crippen LogP contribution in [0.15, 0.2) is 29.0 Å². The smallest absolute Gasteiger partial charge is 0.305 e. The summed E-state index contributed by atoms with van der Waals surface area (Å²) in [6.07, 6.45) is 1.30. The molecule has 102 valence electrons. The van der Waals surface area contributed by atoms with E-state index in [1.54, 1.807) is 22.7 Å². The van der Waals surface area contributed by atoms with Crippen molar-refractivity contribution in [3.63, 3.8) is 0 Å². The molecular formula is C14H17NO2S2. The van der Waals surface area contributed by atoms with E-state index in [9.17, 15) is 4.79 Å². The quantitative estimate of drug-likeness (QED) is 0.627. The van der Waals surface area contributed by atoms with Gasteiger partial charge in [0.2, 0.25) is 0 Å². The van der Waals surface area contributed by atoms with Gasteiger partial charge >= 0.3 is 5.97 Å². The zero-order valence-corrected chi connectivity index (χ0v) is 12.5. The molecule has 0 aromatic carbocycles. The van der Waals surface area contributed by atoms with Crippen LogP contribution in [0.3, 0.4) is 0 Å². The predicted octanol–water partition coefficient (Wildman–Crippen LogP) is 3.52. The largest absolute Gasteiger partial charge is 0.469 e. The van der Waals surface area contributed by atoms with E-state index in [0.717, 1.165) is 19.5 Å². The molecule has 0 bridgehead atoms. The summed E-state index contributed by atoms with van der Waals surface area (Å²) in [6.45, 7) is 1.69. The maximum Gasteiger partial charge on any atom is 0.305 e. The van der Waals surface area contributed by atoms with E-state index >= 15 is 0 Å². The molecule has 0 aliphatic carbocycles. The van der Waals surface area contributed by atoms with Crippen LogP contribution in [-0.4, -0.2) is 19.6 Å². The molecule has 0 spiro atoms. The van der Waals surface area contributed by atoms with Gasteiger partial charge in [-0.15, -0.1) is 22.7 Å². The van der Waals surface area contributed by atoms with Crippen LogP contribution in [0.1, 0.15) is 17.7 Å². The highest BCUT2D eigenvalue weighted by Crippen LogP contribution is 2.29. The molecule has 0 aliphatic heterocycles. The molecule has 0 amide bonds. The van der Waals surface area contributed by atoms with Crippen molar-refractivity contribution in [2.24, 2.45) is 0 Å². The molecule has 0 saturated heterocycles. The topological polar surface area (TPSA) is 38.3 Å². The minimum atomic E-state index is -0.141. The number of nitrogens with one attached hydrogen (secondary N) is 1. The van der Waals surface area contributed by atoms with Gasteiger partial charge in [-0.3, -0.25) is 4.79 Å². The molecule has 2 aromatic rings. The number of carbonyl (C=O) groups is 1. The van der Waals surface area contributed by atoms with Gasteiger partial charge in [0.25, 0.3) is 0 Å². The minimum Gasteiger partial charge on any atom is -0.469 e. The van der Waals surface area contributed by atoms with Crippen LogP contribution in [-0.2, 0) is 16.1 Å². The predicted molar refractivity (Wildman–Crippen MR) is 80.6 cm³/mol. The summed E-state index contributed by atoms with van der Waals surface area (Å²) in [5, 5.41) is 7.63. The Bertz CT molecular complexity index is 505. The SMILES string of the molecule is COC(=O)CCCNCc1cc(-c2cccs2)cs1. The van der Waals surface area contributed by atoms with Crippen molar-refractivity contribution < 1.29 is 9.53 Å². The molecule has 0 saturated carbocycles. The molecule has 0 fully saturated rings. The van der Waals surface area contributed by atoms with Gasteiger partial charge in [-0.1, -0.05) is 6.07 Å².